The van der Waals surface area contributed by atoms with E-state index in [1.54, 1.807) is 0 Å². The van der Waals surface area contributed by atoms with Crippen molar-refractivity contribution in [2.45, 2.75) is 52.9 Å². The van der Waals surface area contributed by atoms with Crippen molar-refractivity contribution in [2.24, 2.45) is 11.1 Å². The van der Waals surface area contributed by atoms with Crippen LogP contribution in [0.25, 0.3) is 0 Å². The van der Waals surface area contributed by atoms with E-state index in [1.165, 1.54) is 5.56 Å². The Morgan fingerprint density at radius 2 is 1.79 bits per heavy atom. The van der Waals surface area contributed by atoms with Crippen molar-refractivity contribution < 1.29 is 4.74 Å². The van der Waals surface area contributed by atoms with Crippen LogP contribution in [0.1, 0.15) is 52.0 Å². The molecule has 0 aromatic heterocycles. The Balaban J connectivity index is 2.42. The average molecular weight is 263 g/mol. The molecule has 2 nitrogen and oxygen atoms in total. The molecule has 0 saturated heterocycles. The molecule has 19 heavy (non-hydrogen) atoms. The van der Waals surface area contributed by atoms with E-state index in [0.29, 0.717) is 5.41 Å². The van der Waals surface area contributed by atoms with Crippen LogP contribution < -0.4 is 10.5 Å². The van der Waals surface area contributed by atoms with Gasteiger partial charge in [-0.15, -0.1) is 0 Å². The lowest BCUT2D eigenvalue weighted by Gasteiger charge is -2.30. The third-order valence-electron chi connectivity index (χ3n) is 4.40. The van der Waals surface area contributed by atoms with Gasteiger partial charge in [-0.05, 0) is 55.7 Å². The molecule has 108 valence electrons. The van der Waals surface area contributed by atoms with Gasteiger partial charge in [-0.25, -0.2) is 0 Å². The highest BCUT2D eigenvalue weighted by atomic mass is 16.5. The van der Waals surface area contributed by atoms with Crippen LogP contribution in [0.2, 0.25) is 0 Å². The zero-order valence-corrected chi connectivity index (χ0v) is 12.7. The summed E-state index contributed by atoms with van der Waals surface area (Å²) in [6.45, 7) is 8.22. The van der Waals surface area contributed by atoms with E-state index in [0.717, 1.165) is 51.0 Å². The first-order chi connectivity index (χ1) is 9.21. The molecule has 0 bridgehead atoms. The molecule has 0 aliphatic rings. The van der Waals surface area contributed by atoms with Gasteiger partial charge in [0.2, 0.25) is 0 Å². The molecular formula is C17H29NO. The van der Waals surface area contributed by atoms with Gasteiger partial charge in [0.1, 0.15) is 5.75 Å². The van der Waals surface area contributed by atoms with Crippen LogP contribution in [0.15, 0.2) is 24.3 Å². The molecule has 0 unspecified atom stereocenters. The van der Waals surface area contributed by atoms with Crippen molar-refractivity contribution in [3.05, 3.63) is 29.8 Å². The van der Waals surface area contributed by atoms with Gasteiger partial charge in [-0.3, -0.25) is 0 Å². The highest BCUT2D eigenvalue weighted by molar-refractivity contribution is 5.33. The lowest BCUT2D eigenvalue weighted by Crippen LogP contribution is -2.29. The molecule has 1 aromatic rings. The van der Waals surface area contributed by atoms with E-state index in [9.17, 15) is 0 Å². The Hall–Kier alpha value is -1.02. The summed E-state index contributed by atoms with van der Waals surface area (Å²) in [5.41, 5.74) is 7.53. The van der Waals surface area contributed by atoms with Crippen molar-refractivity contribution in [3.63, 3.8) is 0 Å². The van der Waals surface area contributed by atoms with Crippen LogP contribution in [-0.2, 0) is 6.42 Å². The first-order valence-electron chi connectivity index (χ1n) is 7.62. The number of para-hydroxylation sites is 1. The van der Waals surface area contributed by atoms with Crippen LogP contribution >= 0.6 is 0 Å². The summed E-state index contributed by atoms with van der Waals surface area (Å²) in [6, 6.07) is 8.31. The molecule has 0 heterocycles. The second-order valence-electron chi connectivity index (χ2n) is 5.32. The Morgan fingerprint density at radius 1 is 1.11 bits per heavy atom. The Bertz CT molecular complexity index is 350. The standard InChI is InChI=1S/C17H29NO/c1-4-15-10-7-8-11-16(15)19-13-9-12-17(5-2,6-3)14-18/h7-8,10-11H,4-6,9,12-14,18H2,1-3H3. The van der Waals surface area contributed by atoms with E-state index in [2.05, 4.69) is 39.0 Å². The Morgan fingerprint density at radius 3 is 2.37 bits per heavy atom. The minimum Gasteiger partial charge on any atom is -0.493 e. The molecule has 0 radical (unpaired) electrons. The normalized spacial score (nSPS) is 11.6. The second kappa shape index (κ2) is 8.21. The van der Waals surface area contributed by atoms with Gasteiger partial charge in [0.15, 0.2) is 0 Å². The van der Waals surface area contributed by atoms with Crippen molar-refractivity contribution >= 4 is 0 Å². The van der Waals surface area contributed by atoms with Crippen LogP contribution in [0.4, 0.5) is 0 Å². The Labute approximate surface area is 118 Å². The summed E-state index contributed by atoms with van der Waals surface area (Å²) in [6.07, 6.45) is 5.58. The van der Waals surface area contributed by atoms with Gasteiger partial charge >= 0.3 is 0 Å². The third kappa shape index (κ3) is 4.54. The summed E-state index contributed by atoms with van der Waals surface area (Å²) in [5, 5.41) is 0. The van der Waals surface area contributed by atoms with Crippen LogP contribution in [0, 0.1) is 5.41 Å². The number of hydrogen-bond donors (Lipinski definition) is 1. The predicted molar refractivity (Wildman–Crippen MR) is 82.6 cm³/mol. The van der Waals surface area contributed by atoms with Crippen molar-refractivity contribution in [3.8, 4) is 5.75 Å². The monoisotopic (exact) mass is 263 g/mol. The van der Waals surface area contributed by atoms with Gasteiger partial charge in [0, 0.05) is 0 Å². The summed E-state index contributed by atoms with van der Waals surface area (Å²) >= 11 is 0. The topological polar surface area (TPSA) is 35.2 Å². The molecule has 0 amide bonds. The molecule has 0 aliphatic carbocycles. The average Bonchev–Trinajstić information content (AvgIpc) is 2.48. The zero-order chi connectivity index (χ0) is 14.1. The predicted octanol–water partition coefficient (Wildman–Crippen LogP) is 4.17. The number of benzene rings is 1. The minimum absolute atomic E-state index is 0.313. The highest BCUT2D eigenvalue weighted by Gasteiger charge is 2.23. The van der Waals surface area contributed by atoms with Crippen molar-refractivity contribution in [1.82, 2.24) is 0 Å². The lowest BCUT2D eigenvalue weighted by atomic mass is 9.78. The van der Waals surface area contributed by atoms with Gasteiger partial charge in [0.05, 0.1) is 6.61 Å². The zero-order valence-electron chi connectivity index (χ0n) is 12.7. The van der Waals surface area contributed by atoms with Crippen LogP contribution in [0.5, 0.6) is 5.75 Å². The number of ether oxygens (including phenoxy) is 1. The maximum absolute atomic E-state index is 5.93. The fourth-order valence-corrected chi connectivity index (χ4v) is 2.56. The molecule has 0 fully saturated rings. The van der Waals surface area contributed by atoms with Crippen molar-refractivity contribution in [1.29, 1.82) is 0 Å². The molecule has 2 heteroatoms. The number of hydrogen-bond acceptors (Lipinski definition) is 2. The largest absolute Gasteiger partial charge is 0.493 e. The summed E-state index contributed by atoms with van der Waals surface area (Å²) in [4.78, 5) is 0. The van der Waals surface area contributed by atoms with Gasteiger partial charge in [0.25, 0.3) is 0 Å². The molecule has 1 aromatic carbocycles. The fraction of sp³-hybridized carbons (Fsp3) is 0.647. The molecule has 2 N–H and O–H groups in total. The molecule has 0 spiro atoms. The van der Waals surface area contributed by atoms with Gasteiger partial charge in [-0.1, -0.05) is 39.0 Å². The van der Waals surface area contributed by atoms with Crippen LogP contribution in [-0.4, -0.2) is 13.2 Å². The lowest BCUT2D eigenvalue weighted by molar-refractivity contribution is 0.213. The van der Waals surface area contributed by atoms with E-state index in [4.69, 9.17) is 10.5 Å². The van der Waals surface area contributed by atoms with Crippen molar-refractivity contribution in [2.75, 3.05) is 13.2 Å². The molecular weight excluding hydrogens is 234 g/mol. The number of nitrogens with two attached hydrogens (primary N) is 1. The number of aryl methyl sites for hydroxylation is 1. The maximum atomic E-state index is 5.93. The number of rotatable bonds is 9. The Kier molecular flexibility index (Phi) is 6.93. The first kappa shape index (κ1) is 16.0. The summed E-state index contributed by atoms with van der Waals surface area (Å²) < 4.78 is 5.92. The molecule has 0 aliphatic heterocycles. The SMILES string of the molecule is CCc1ccccc1OCCCC(CC)(CC)CN. The maximum Gasteiger partial charge on any atom is 0.122 e. The highest BCUT2D eigenvalue weighted by Crippen LogP contribution is 2.30. The molecule has 0 saturated carbocycles. The molecule has 0 atom stereocenters. The fourth-order valence-electron chi connectivity index (χ4n) is 2.56. The first-order valence-corrected chi connectivity index (χ1v) is 7.62. The van der Waals surface area contributed by atoms with E-state index in [-0.39, 0.29) is 0 Å². The van der Waals surface area contributed by atoms with E-state index in [1.807, 2.05) is 6.07 Å². The van der Waals surface area contributed by atoms with Gasteiger partial charge < -0.3 is 10.5 Å². The smallest absolute Gasteiger partial charge is 0.122 e. The summed E-state index contributed by atoms with van der Waals surface area (Å²) in [5.74, 6) is 1.04. The second-order valence-corrected chi connectivity index (χ2v) is 5.32. The third-order valence-corrected chi connectivity index (χ3v) is 4.40. The van der Waals surface area contributed by atoms with E-state index >= 15 is 0 Å². The summed E-state index contributed by atoms with van der Waals surface area (Å²) in [7, 11) is 0. The van der Waals surface area contributed by atoms with E-state index < -0.39 is 0 Å². The van der Waals surface area contributed by atoms with Gasteiger partial charge in [-0.2, -0.15) is 0 Å². The minimum atomic E-state index is 0.313. The quantitative estimate of drug-likeness (QED) is 0.679. The molecule has 1 rings (SSSR count). The van der Waals surface area contributed by atoms with Crippen LogP contribution in [0.3, 0.4) is 0 Å².